The molecule has 0 aliphatic heterocycles. The van der Waals surface area contributed by atoms with E-state index >= 15 is 0 Å². The fraction of sp³-hybridized carbons (Fsp3) is 0.143. The first-order valence-corrected chi connectivity index (χ1v) is 10.4. The zero-order valence-electron chi connectivity index (χ0n) is 16.5. The topological polar surface area (TPSA) is 107 Å². The minimum absolute atomic E-state index is 0.0313. The first-order valence-electron chi connectivity index (χ1n) is 8.96. The van der Waals surface area contributed by atoms with E-state index < -0.39 is 10.0 Å². The third-order valence-corrected chi connectivity index (χ3v) is 5.62. The predicted octanol–water partition coefficient (Wildman–Crippen LogP) is 2.83. The van der Waals surface area contributed by atoms with Crippen LogP contribution in [0.25, 0.3) is 0 Å². The zero-order valence-corrected chi connectivity index (χ0v) is 17.3. The summed E-state index contributed by atoms with van der Waals surface area (Å²) in [6.45, 7) is 0.285. The quantitative estimate of drug-likeness (QED) is 0.573. The molecule has 0 unspecified atom stereocenters. The Bertz CT molecular complexity index is 1130. The molecule has 0 aliphatic carbocycles. The molecule has 156 valence electrons. The number of benzene rings is 2. The van der Waals surface area contributed by atoms with Gasteiger partial charge in [0.2, 0.25) is 5.88 Å². The highest BCUT2D eigenvalue weighted by Crippen LogP contribution is 2.26. The average molecular weight is 427 g/mol. The molecule has 9 heteroatoms. The number of sulfonamides is 1. The number of amides is 1. The number of hydrogen-bond donors (Lipinski definition) is 2. The molecule has 1 heterocycles. The molecule has 0 saturated heterocycles. The summed E-state index contributed by atoms with van der Waals surface area (Å²) < 4.78 is 38.0. The Hall–Kier alpha value is -3.59. The van der Waals surface area contributed by atoms with Gasteiger partial charge in [-0.25, -0.2) is 13.4 Å². The van der Waals surface area contributed by atoms with E-state index in [0.717, 1.165) is 5.56 Å². The third-order valence-electron chi connectivity index (χ3n) is 4.24. The number of methoxy groups -OCH3 is 2. The summed E-state index contributed by atoms with van der Waals surface area (Å²) in [6, 6.07) is 15.9. The minimum atomic E-state index is -3.83. The van der Waals surface area contributed by atoms with Crippen LogP contribution in [0.15, 0.2) is 71.8 Å². The van der Waals surface area contributed by atoms with Gasteiger partial charge < -0.3 is 14.8 Å². The number of pyridine rings is 1. The van der Waals surface area contributed by atoms with Gasteiger partial charge in [-0.1, -0.05) is 12.1 Å². The van der Waals surface area contributed by atoms with Crippen molar-refractivity contribution < 1.29 is 22.7 Å². The van der Waals surface area contributed by atoms with E-state index in [1.807, 2.05) is 0 Å². The number of carbonyl (C=O) groups excluding carboxylic acids is 1. The lowest BCUT2D eigenvalue weighted by Gasteiger charge is -2.12. The van der Waals surface area contributed by atoms with Crippen molar-refractivity contribution in [1.82, 2.24) is 10.3 Å². The van der Waals surface area contributed by atoms with Crippen molar-refractivity contribution in [1.29, 1.82) is 0 Å². The summed E-state index contributed by atoms with van der Waals surface area (Å²) >= 11 is 0. The number of ether oxygens (including phenoxy) is 2. The molecule has 0 bridgehead atoms. The van der Waals surface area contributed by atoms with Crippen molar-refractivity contribution in [3.63, 3.8) is 0 Å². The van der Waals surface area contributed by atoms with E-state index in [-0.39, 0.29) is 17.3 Å². The van der Waals surface area contributed by atoms with Gasteiger partial charge in [0.1, 0.15) is 5.75 Å². The number of anilines is 1. The van der Waals surface area contributed by atoms with Crippen molar-refractivity contribution in [2.75, 3.05) is 18.9 Å². The van der Waals surface area contributed by atoms with E-state index in [1.165, 1.54) is 38.5 Å². The van der Waals surface area contributed by atoms with E-state index in [9.17, 15) is 13.2 Å². The summed E-state index contributed by atoms with van der Waals surface area (Å²) in [5.74, 6) is 0.538. The van der Waals surface area contributed by atoms with Crippen LogP contribution in [-0.2, 0) is 16.6 Å². The fourth-order valence-corrected chi connectivity index (χ4v) is 3.74. The maximum absolute atomic E-state index is 12.6. The number of nitrogens with one attached hydrogen (secondary N) is 2. The Kier molecular flexibility index (Phi) is 6.53. The summed E-state index contributed by atoms with van der Waals surface area (Å²) in [6.07, 6.45) is 1.59. The summed E-state index contributed by atoms with van der Waals surface area (Å²) in [5, 5.41) is 2.78. The van der Waals surface area contributed by atoms with Crippen LogP contribution in [0, 0.1) is 0 Å². The maximum atomic E-state index is 12.6. The second kappa shape index (κ2) is 9.27. The number of aromatic nitrogens is 1. The largest absolute Gasteiger partial charge is 0.495 e. The lowest BCUT2D eigenvalue weighted by molar-refractivity contribution is 0.0950. The molecule has 1 amide bonds. The lowest BCUT2D eigenvalue weighted by atomic mass is 10.2. The molecule has 3 aromatic rings. The van der Waals surface area contributed by atoms with Crippen molar-refractivity contribution in [2.45, 2.75) is 11.4 Å². The van der Waals surface area contributed by atoms with Gasteiger partial charge in [-0.2, -0.15) is 0 Å². The molecular formula is C21H21N3O5S. The lowest BCUT2D eigenvalue weighted by Crippen LogP contribution is -2.23. The van der Waals surface area contributed by atoms with Crippen molar-refractivity contribution in [3.8, 4) is 11.6 Å². The summed E-state index contributed by atoms with van der Waals surface area (Å²) in [5.41, 5.74) is 1.50. The van der Waals surface area contributed by atoms with Crippen LogP contribution in [0.3, 0.4) is 0 Å². The minimum Gasteiger partial charge on any atom is -0.495 e. The second-order valence-electron chi connectivity index (χ2n) is 6.22. The molecule has 2 aromatic carbocycles. The van der Waals surface area contributed by atoms with Crippen molar-refractivity contribution in [3.05, 3.63) is 78.0 Å². The Balaban J connectivity index is 1.68. The smallest absolute Gasteiger partial charge is 0.262 e. The molecule has 0 atom stereocenters. The van der Waals surface area contributed by atoms with Crippen molar-refractivity contribution in [2.24, 2.45) is 0 Å². The normalized spacial score (nSPS) is 10.9. The Morgan fingerprint density at radius 1 is 1.00 bits per heavy atom. The van der Waals surface area contributed by atoms with Gasteiger partial charge in [-0.05, 0) is 48.0 Å². The molecule has 1 aromatic heterocycles. The molecule has 2 N–H and O–H groups in total. The first-order chi connectivity index (χ1) is 14.4. The average Bonchev–Trinajstić information content (AvgIpc) is 2.78. The number of carbonyl (C=O) groups is 1. The number of para-hydroxylation sites is 2. The number of nitrogens with zero attached hydrogens (tertiary/aromatic N) is 1. The summed E-state index contributed by atoms with van der Waals surface area (Å²) in [7, 11) is -0.856. The van der Waals surface area contributed by atoms with Gasteiger partial charge in [-0.15, -0.1) is 0 Å². The zero-order chi connectivity index (χ0) is 21.6. The van der Waals surface area contributed by atoms with Gasteiger partial charge in [-0.3, -0.25) is 9.52 Å². The molecule has 0 aliphatic rings. The standard InChI is InChI=1S/C21H21N3O5S/c1-28-19-6-4-3-5-18(19)24-30(26,27)17-9-7-16(8-10-17)21(25)23-14-15-11-12-22-20(13-15)29-2/h3-13,24H,14H2,1-2H3,(H,23,25). The molecule has 0 radical (unpaired) electrons. The van der Waals surface area contributed by atoms with E-state index in [1.54, 1.807) is 42.6 Å². The van der Waals surface area contributed by atoms with Crippen LogP contribution in [0.4, 0.5) is 5.69 Å². The third kappa shape index (κ3) is 5.06. The Morgan fingerprint density at radius 2 is 1.73 bits per heavy atom. The molecule has 8 nitrogen and oxygen atoms in total. The highest BCUT2D eigenvalue weighted by atomic mass is 32.2. The van der Waals surface area contributed by atoms with Crippen molar-refractivity contribution >= 4 is 21.6 Å². The molecule has 0 fully saturated rings. The molecular weight excluding hydrogens is 406 g/mol. The Labute approximate surface area is 174 Å². The van der Waals surface area contributed by atoms with Gasteiger partial charge in [0.05, 0.1) is 24.8 Å². The molecule has 3 rings (SSSR count). The molecule has 30 heavy (non-hydrogen) atoms. The molecule has 0 spiro atoms. The predicted molar refractivity (Wildman–Crippen MR) is 112 cm³/mol. The van der Waals surface area contributed by atoms with Gasteiger partial charge in [0.15, 0.2) is 0 Å². The van der Waals surface area contributed by atoms with E-state index in [0.29, 0.717) is 22.9 Å². The second-order valence-corrected chi connectivity index (χ2v) is 7.90. The monoisotopic (exact) mass is 427 g/mol. The number of rotatable bonds is 8. The SMILES string of the molecule is COc1cc(CNC(=O)c2ccc(S(=O)(=O)Nc3ccccc3OC)cc2)ccn1. The van der Waals surface area contributed by atoms with Crippen LogP contribution in [0.2, 0.25) is 0 Å². The van der Waals surface area contributed by atoms with Gasteiger partial charge in [0, 0.05) is 24.4 Å². The van der Waals surface area contributed by atoms with Crippen LogP contribution in [0.5, 0.6) is 11.6 Å². The maximum Gasteiger partial charge on any atom is 0.262 e. The van der Waals surface area contributed by atoms with Gasteiger partial charge in [0.25, 0.3) is 15.9 Å². The first kappa shape index (κ1) is 21.1. The van der Waals surface area contributed by atoms with Crippen LogP contribution in [0.1, 0.15) is 15.9 Å². The van der Waals surface area contributed by atoms with E-state index in [2.05, 4.69) is 15.0 Å². The van der Waals surface area contributed by atoms with Gasteiger partial charge >= 0.3 is 0 Å². The number of hydrogen-bond acceptors (Lipinski definition) is 6. The fourth-order valence-electron chi connectivity index (χ4n) is 2.67. The highest BCUT2D eigenvalue weighted by molar-refractivity contribution is 7.92. The highest BCUT2D eigenvalue weighted by Gasteiger charge is 2.17. The van der Waals surface area contributed by atoms with Crippen LogP contribution in [-0.4, -0.2) is 33.5 Å². The molecule has 0 saturated carbocycles. The van der Waals surface area contributed by atoms with Crippen LogP contribution < -0.4 is 19.5 Å². The van der Waals surface area contributed by atoms with Crippen LogP contribution >= 0.6 is 0 Å². The summed E-state index contributed by atoms with van der Waals surface area (Å²) in [4.78, 5) is 16.4. The van der Waals surface area contributed by atoms with E-state index in [4.69, 9.17) is 9.47 Å². The Morgan fingerprint density at radius 3 is 2.43 bits per heavy atom.